The van der Waals surface area contributed by atoms with Crippen molar-refractivity contribution in [2.24, 2.45) is 4.99 Å². The highest BCUT2D eigenvalue weighted by Crippen LogP contribution is 2.30. The van der Waals surface area contributed by atoms with Gasteiger partial charge in [-0.3, -0.25) is 4.79 Å². The van der Waals surface area contributed by atoms with Crippen molar-refractivity contribution in [1.82, 2.24) is 0 Å². The van der Waals surface area contributed by atoms with Gasteiger partial charge in [-0.05, 0) is 52.2 Å². The van der Waals surface area contributed by atoms with Crippen LogP contribution in [-0.2, 0) is 4.79 Å². The Labute approximate surface area is 115 Å². The second kappa shape index (κ2) is 5.42. The largest absolute Gasteiger partial charge is 0.451 e. The highest BCUT2D eigenvalue weighted by atomic mass is 127. The smallest absolute Gasteiger partial charge is 0.244 e. The first-order chi connectivity index (χ1) is 7.69. The molecule has 0 aliphatic carbocycles. The van der Waals surface area contributed by atoms with E-state index in [4.69, 9.17) is 4.42 Å². The molecule has 0 saturated carbocycles. The molecule has 6 heteroatoms. The molecular formula is C10H8INO2S2. The average molecular weight is 365 g/mol. The van der Waals surface area contributed by atoms with Crippen LogP contribution in [0.2, 0.25) is 0 Å². The number of thioether (sulfide) groups is 2. The van der Waals surface area contributed by atoms with Gasteiger partial charge in [0.1, 0.15) is 15.8 Å². The topological polar surface area (TPSA) is 42.6 Å². The molecule has 0 unspecified atom stereocenters. The molecule has 1 aliphatic heterocycles. The summed E-state index contributed by atoms with van der Waals surface area (Å²) in [6.45, 7) is 2.04. The Balaban J connectivity index is 2.21. The molecule has 2 rings (SSSR count). The second-order valence-electron chi connectivity index (χ2n) is 2.87. The van der Waals surface area contributed by atoms with E-state index >= 15 is 0 Å². The zero-order valence-corrected chi connectivity index (χ0v) is 12.2. The van der Waals surface area contributed by atoms with Crippen molar-refractivity contribution in [2.45, 2.75) is 6.92 Å². The number of aliphatic imine (C=N–C) groups is 1. The molecule has 1 aliphatic rings. The van der Waals surface area contributed by atoms with Crippen molar-refractivity contribution in [3.8, 4) is 0 Å². The summed E-state index contributed by atoms with van der Waals surface area (Å²) < 4.78 is 6.98. The number of carbonyl (C=O) groups excluding carboxylic acids is 1. The maximum absolute atomic E-state index is 11.6. The standard InChI is InChI=1S/C10H8INO2S2/c1-2-15-10-12-7(9(13)16-10)5-6-3-4-8(11)14-6/h3-5H,2H2,1H3/b7-5-. The molecule has 0 spiro atoms. The van der Waals surface area contributed by atoms with Crippen LogP contribution >= 0.6 is 46.1 Å². The summed E-state index contributed by atoms with van der Waals surface area (Å²) in [5.41, 5.74) is 0.465. The lowest BCUT2D eigenvalue weighted by molar-refractivity contribution is -0.107. The number of furan rings is 1. The molecule has 0 aromatic carbocycles. The molecule has 0 atom stereocenters. The number of carbonyl (C=O) groups is 1. The van der Waals surface area contributed by atoms with E-state index in [9.17, 15) is 4.79 Å². The SMILES string of the molecule is CCSC1=N/C(=C\c2ccc(I)o2)C(=O)S1. The van der Waals surface area contributed by atoms with Gasteiger partial charge in [0.05, 0.1) is 0 Å². The fourth-order valence-electron chi connectivity index (χ4n) is 1.12. The lowest BCUT2D eigenvalue weighted by Crippen LogP contribution is -1.87. The van der Waals surface area contributed by atoms with E-state index in [1.165, 1.54) is 11.8 Å². The molecule has 2 heterocycles. The third-order valence-electron chi connectivity index (χ3n) is 1.74. The van der Waals surface area contributed by atoms with Crippen LogP contribution in [0, 0.1) is 3.77 Å². The van der Waals surface area contributed by atoms with Crippen LogP contribution in [0.5, 0.6) is 0 Å². The quantitative estimate of drug-likeness (QED) is 0.593. The lowest BCUT2D eigenvalue weighted by Gasteiger charge is -1.89. The first-order valence-electron chi connectivity index (χ1n) is 4.59. The molecule has 16 heavy (non-hydrogen) atoms. The van der Waals surface area contributed by atoms with Gasteiger partial charge >= 0.3 is 0 Å². The molecule has 1 aromatic heterocycles. The molecule has 0 saturated heterocycles. The van der Waals surface area contributed by atoms with E-state index in [-0.39, 0.29) is 5.12 Å². The predicted octanol–water partition coefficient (Wildman–Crippen LogP) is 3.61. The molecule has 0 N–H and O–H groups in total. The van der Waals surface area contributed by atoms with Crippen LogP contribution in [0.15, 0.2) is 27.2 Å². The molecule has 0 amide bonds. The van der Waals surface area contributed by atoms with Gasteiger partial charge in [0, 0.05) is 6.08 Å². The molecule has 3 nitrogen and oxygen atoms in total. The van der Waals surface area contributed by atoms with Crippen molar-refractivity contribution < 1.29 is 9.21 Å². The summed E-state index contributed by atoms with van der Waals surface area (Å²) in [5.74, 6) is 1.59. The summed E-state index contributed by atoms with van der Waals surface area (Å²) in [5, 5.41) is -0.0117. The van der Waals surface area contributed by atoms with Crippen LogP contribution in [0.3, 0.4) is 0 Å². The third kappa shape index (κ3) is 2.92. The van der Waals surface area contributed by atoms with Crippen molar-refractivity contribution in [3.63, 3.8) is 0 Å². The number of hydrogen-bond acceptors (Lipinski definition) is 5. The summed E-state index contributed by atoms with van der Waals surface area (Å²) in [4.78, 5) is 15.8. The molecule has 1 aromatic rings. The van der Waals surface area contributed by atoms with E-state index in [1.807, 2.05) is 19.1 Å². The predicted molar refractivity (Wildman–Crippen MR) is 77.6 cm³/mol. The zero-order chi connectivity index (χ0) is 11.5. The average Bonchev–Trinajstić information content (AvgIpc) is 2.76. The Morgan fingerprint density at radius 2 is 2.44 bits per heavy atom. The van der Waals surface area contributed by atoms with Crippen molar-refractivity contribution >= 4 is 61.7 Å². The van der Waals surface area contributed by atoms with Crippen molar-refractivity contribution in [3.05, 3.63) is 27.4 Å². The van der Waals surface area contributed by atoms with Crippen LogP contribution in [-0.4, -0.2) is 15.2 Å². The molecule has 0 fully saturated rings. The summed E-state index contributed by atoms with van der Waals surface area (Å²) in [6, 6.07) is 3.68. The van der Waals surface area contributed by atoms with Gasteiger partial charge in [0.2, 0.25) is 5.12 Å². The first kappa shape index (κ1) is 12.3. The molecule has 0 radical (unpaired) electrons. The van der Waals surface area contributed by atoms with E-state index in [0.717, 1.165) is 13.9 Å². The highest BCUT2D eigenvalue weighted by Gasteiger charge is 2.22. The number of nitrogens with zero attached hydrogens (tertiary/aromatic N) is 1. The minimum absolute atomic E-state index is 0.0117. The Bertz CT molecular complexity index is 479. The molecular weight excluding hydrogens is 357 g/mol. The Kier molecular flexibility index (Phi) is 4.15. The Morgan fingerprint density at radius 1 is 1.62 bits per heavy atom. The Hall–Kier alpha value is -0.210. The van der Waals surface area contributed by atoms with Gasteiger partial charge in [-0.25, -0.2) is 4.99 Å². The number of halogens is 1. The van der Waals surface area contributed by atoms with E-state index in [2.05, 4.69) is 27.6 Å². The van der Waals surface area contributed by atoms with Gasteiger partial charge in [-0.15, -0.1) is 0 Å². The number of rotatable bonds is 2. The van der Waals surface area contributed by atoms with Crippen molar-refractivity contribution in [1.29, 1.82) is 0 Å². The third-order valence-corrected chi connectivity index (χ3v) is 4.21. The minimum atomic E-state index is -0.0117. The maximum atomic E-state index is 11.6. The van der Waals surface area contributed by atoms with E-state index in [1.54, 1.807) is 17.8 Å². The van der Waals surface area contributed by atoms with Crippen LogP contribution in [0.25, 0.3) is 6.08 Å². The number of hydrogen-bond donors (Lipinski definition) is 0. The van der Waals surface area contributed by atoms with Crippen molar-refractivity contribution in [2.75, 3.05) is 5.75 Å². The summed E-state index contributed by atoms with van der Waals surface area (Å²) >= 11 is 4.85. The second-order valence-corrected chi connectivity index (χ2v) is 6.41. The summed E-state index contributed by atoms with van der Waals surface area (Å²) in [6.07, 6.45) is 1.68. The maximum Gasteiger partial charge on any atom is 0.244 e. The van der Waals surface area contributed by atoms with E-state index < -0.39 is 0 Å². The highest BCUT2D eigenvalue weighted by molar-refractivity contribution is 14.1. The van der Waals surface area contributed by atoms with Gasteiger partial charge in [0.25, 0.3) is 0 Å². The van der Waals surface area contributed by atoms with Gasteiger partial charge in [-0.1, -0.05) is 18.7 Å². The fraction of sp³-hybridized carbons (Fsp3) is 0.200. The first-order valence-corrected chi connectivity index (χ1v) is 7.48. The molecule has 0 bridgehead atoms. The van der Waals surface area contributed by atoms with Gasteiger partial charge in [0.15, 0.2) is 3.77 Å². The van der Waals surface area contributed by atoms with Gasteiger partial charge in [-0.2, -0.15) is 0 Å². The monoisotopic (exact) mass is 365 g/mol. The van der Waals surface area contributed by atoms with E-state index in [0.29, 0.717) is 11.5 Å². The lowest BCUT2D eigenvalue weighted by atomic mass is 10.3. The fourth-order valence-corrected chi connectivity index (χ4v) is 3.29. The summed E-state index contributed by atoms with van der Waals surface area (Å²) in [7, 11) is 0. The molecule has 84 valence electrons. The van der Waals surface area contributed by atoms with Crippen LogP contribution < -0.4 is 0 Å². The van der Waals surface area contributed by atoms with Crippen LogP contribution in [0.4, 0.5) is 0 Å². The minimum Gasteiger partial charge on any atom is -0.451 e. The van der Waals surface area contributed by atoms with Gasteiger partial charge < -0.3 is 4.42 Å². The normalized spacial score (nSPS) is 18.2. The van der Waals surface area contributed by atoms with Crippen LogP contribution in [0.1, 0.15) is 12.7 Å². The Morgan fingerprint density at radius 3 is 3.06 bits per heavy atom. The zero-order valence-electron chi connectivity index (χ0n) is 8.40.